The number of hydrogen-bond acceptors (Lipinski definition) is 6. The third-order valence-electron chi connectivity index (χ3n) is 3.71. The number of amides is 1. The molecule has 1 heterocycles. The lowest BCUT2D eigenvalue weighted by Gasteiger charge is -2.10. The largest absolute Gasteiger partial charge is 0.465 e. The van der Waals surface area contributed by atoms with Crippen LogP contribution in [-0.4, -0.2) is 29.0 Å². The van der Waals surface area contributed by atoms with Gasteiger partial charge in [0, 0.05) is 17.4 Å². The van der Waals surface area contributed by atoms with E-state index in [1.807, 2.05) is 0 Å². The predicted molar refractivity (Wildman–Crippen MR) is 102 cm³/mol. The van der Waals surface area contributed by atoms with Crippen molar-refractivity contribution in [2.75, 3.05) is 17.7 Å². The number of ether oxygens (including phenoxy) is 1. The topological polar surface area (TPSA) is 93.2 Å². The van der Waals surface area contributed by atoms with E-state index in [0.717, 1.165) is 0 Å². The molecular formula is C20H17FN4O3. The highest BCUT2D eigenvalue weighted by atomic mass is 19.1. The van der Waals surface area contributed by atoms with Crippen LogP contribution in [0.25, 0.3) is 0 Å². The minimum Gasteiger partial charge on any atom is -0.465 e. The first-order chi connectivity index (χ1) is 13.4. The van der Waals surface area contributed by atoms with Crippen molar-refractivity contribution >= 4 is 29.1 Å². The number of benzene rings is 2. The first-order valence-corrected chi connectivity index (χ1v) is 8.32. The van der Waals surface area contributed by atoms with Crippen molar-refractivity contribution < 1.29 is 18.7 Å². The highest BCUT2D eigenvalue weighted by Gasteiger charge is 2.12. The quantitative estimate of drug-likeness (QED) is 0.656. The van der Waals surface area contributed by atoms with E-state index in [0.29, 0.717) is 28.6 Å². The second kappa shape index (κ2) is 8.26. The van der Waals surface area contributed by atoms with E-state index in [1.54, 1.807) is 37.3 Å². The minimum absolute atomic E-state index is 0.114. The normalized spacial score (nSPS) is 10.2. The lowest BCUT2D eigenvalue weighted by Crippen LogP contribution is -2.15. The molecule has 0 saturated carbocycles. The molecule has 142 valence electrons. The molecule has 3 aromatic rings. The van der Waals surface area contributed by atoms with Gasteiger partial charge in [-0.1, -0.05) is 12.1 Å². The number of anilines is 3. The molecule has 0 bridgehead atoms. The Bertz CT molecular complexity index is 1040. The fourth-order valence-electron chi connectivity index (χ4n) is 2.50. The Balaban J connectivity index is 1.81. The van der Waals surface area contributed by atoms with E-state index >= 15 is 0 Å². The van der Waals surface area contributed by atoms with Gasteiger partial charge < -0.3 is 15.4 Å². The molecule has 2 aromatic carbocycles. The van der Waals surface area contributed by atoms with Gasteiger partial charge in [-0.3, -0.25) is 4.79 Å². The van der Waals surface area contributed by atoms with E-state index < -0.39 is 17.7 Å². The fourth-order valence-corrected chi connectivity index (χ4v) is 2.50. The molecule has 0 saturated heterocycles. The van der Waals surface area contributed by atoms with Gasteiger partial charge in [-0.15, -0.1) is 0 Å². The Labute approximate surface area is 160 Å². The summed E-state index contributed by atoms with van der Waals surface area (Å²) < 4.78 is 18.0. The molecule has 0 aliphatic heterocycles. The molecule has 0 aliphatic rings. The molecule has 8 heteroatoms. The summed E-state index contributed by atoms with van der Waals surface area (Å²) in [4.78, 5) is 32.5. The predicted octanol–water partition coefficient (Wildman–Crippen LogP) is 3.71. The molecule has 2 N–H and O–H groups in total. The summed E-state index contributed by atoms with van der Waals surface area (Å²) in [5.74, 6) is -0.665. The van der Waals surface area contributed by atoms with Crippen LogP contribution in [0.15, 0.2) is 54.6 Å². The fraction of sp³-hybridized carbons (Fsp3) is 0.100. The van der Waals surface area contributed by atoms with Crippen molar-refractivity contribution in [3.8, 4) is 0 Å². The summed E-state index contributed by atoms with van der Waals surface area (Å²) in [5.41, 5.74) is 1.41. The molecule has 0 fully saturated rings. The zero-order valence-corrected chi connectivity index (χ0v) is 15.2. The van der Waals surface area contributed by atoms with Crippen LogP contribution in [0.3, 0.4) is 0 Å². The number of nitrogens with one attached hydrogen (secondary N) is 2. The Hall–Kier alpha value is -3.81. The third kappa shape index (κ3) is 4.67. The molecule has 0 atom stereocenters. The van der Waals surface area contributed by atoms with E-state index in [9.17, 15) is 14.0 Å². The molecule has 7 nitrogen and oxygen atoms in total. The molecule has 1 amide bonds. The zero-order valence-electron chi connectivity index (χ0n) is 15.2. The molecule has 3 rings (SSSR count). The Morgan fingerprint density at radius 2 is 1.75 bits per heavy atom. The van der Waals surface area contributed by atoms with Crippen molar-refractivity contribution in [1.82, 2.24) is 9.97 Å². The van der Waals surface area contributed by atoms with Crippen LogP contribution in [0.5, 0.6) is 0 Å². The van der Waals surface area contributed by atoms with Crippen LogP contribution in [0, 0.1) is 12.7 Å². The van der Waals surface area contributed by atoms with Crippen LogP contribution >= 0.6 is 0 Å². The van der Waals surface area contributed by atoms with E-state index in [2.05, 4.69) is 20.6 Å². The maximum absolute atomic E-state index is 13.3. The van der Waals surface area contributed by atoms with Gasteiger partial charge in [0.1, 0.15) is 23.2 Å². The van der Waals surface area contributed by atoms with Crippen molar-refractivity contribution in [3.05, 3.63) is 77.5 Å². The average Bonchev–Trinajstić information content (AvgIpc) is 2.67. The second-order valence-electron chi connectivity index (χ2n) is 5.85. The molecule has 0 unspecified atom stereocenters. The molecule has 1 aromatic heterocycles. The van der Waals surface area contributed by atoms with Gasteiger partial charge in [-0.05, 0) is 43.3 Å². The summed E-state index contributed by atoms with van der Waals surface area (Å²) in [6, 6.07) is 13.7. The first-order valence-electron chi connectivity index (χ1n) is 8.32. The van der Waals surface area contributed by atoms with Crippen LogP contribution in [0.2, 0.25) is 0 Å². The van der Waals surface area contributed by atoms with Crippen molar-refractivity contribution in [2.24, 2.45) is 0 Å². The Morgan fingerprint density at radius 3 is 2.50 bits per heavy atom. The number of aryl methyl sites for hydroxylation is 1. The van der Waals surface area contributed by atoms with Crippen LogP contribution in [-0.2, 0) is 4.74 Å². The van der Waals surface area contributed by atoms with E-state index in [4.69, 9.17) is 4.74 Å². The number of aromatic nitrogens is 2. The lowest BCUT2D eigenvalue weighted by molar-refractivity contribution is 0.0600. The van der Waals surface area contributed by atoms with Gasteiger partial charge in [0.25, 0.3) is 5.91 Å². The molecular weight excluding hydrogens is 363 g/mol. The van der Waals surface area contributed by atoms with Crippen LogP contribution in [0.1, 0.15) is 26.7 Å². The van der Waals surface area contributed by atoms with Gasteiger partial charge in [-0.25, -0.2) is 19.2 Å². The maximum Gasteiger partial charge on any atom is 0.337 e. The van der Waals surface area contributed by atoms with Crippen molar-refractivity contribution in [2.45, 2.75) is 6.92 Å². The Morgan fingerprint density at radius 1 is 1.00 bits per heavy atom. The smallest absolute Gasteiger partial charge is 0.337 e. The number of carbonyl (C=O) groups excluding carboxylic acids is 2. The molecule has 0 aliphatic carbocycles. The summed E-state index contributed by atoms with van der Waals surface area (Å²) in [5, 5.41) is 5.62. The Kier molecular flexibility index (Phi) is 5.59. The summed E-state index contributed by atoms with van der Waals surface area (Å²) >= 11 is 0. The summed E-state index contributed by atoms with van der Waals surface area (Å²) in [6.45, 7) is 1.65. The molecule has 0 radical (unpaired) electrons. The maximum atomic E-state index is 13.3. The summed E-state index contributed by atoms with van der Waals surface area (Å²) in [6.07, 6.45) is 0. The third-order valence-corrected chi connectivity index (χ3v) is 3.71. The summed E-state index contributed by atoms with van der Waals surface area (Å²) in [7, 11) is 1.31. The number of esters is 1. The number of methoxy groups -OCH3 is 1. The van der Waals surface area contributed by atoms with E-state index in [-0.39, 0.29) is 5.69 Å². The van der Waals surface area contributed by atoms with Gasteiger partial charge in [0.05, 0.1) is 12.7 Å². The average molecular weight is 380 g/mol. The monoisotopic (exact) mass is 380 g/mol. The number of halogens is 1. The minimum atomic E-state index is -0.498. The van der Waals surface area contributed by atoms with Gasteiger partial charge in [0.2, 0.25) is 0 Å². The lowest BCUT2D eigenvalue weighted by atomic mass is 10.2. The standard InChI is InChI=1S/C20H17FN4O3/c1-12-22-17(19(26)25-16-8-4-6-14(21)10-16)11-18(23-12)24-15-7-3-5-13(9-15)20(27)28-2/h3-11H,1-2H3,(H,25,26)(H,22,23,24). The zero-order chi connectivity index (χ0) is 20.1. The second-order valence-corrected chi connectivity index (χ2v) is 5.85. The number of nitrogens with zero attached hydrogens (tertiary/aromatic N) is 2. The molecule has 0 spiro atoms. The number of hydrogen-bond donors (Lipinski definition) is 2. The van der Waals surface area contributed by atoms with Gasteiger partial charge in [-0.2, -0.15) is 0 Å². The highest BCUT2D eigenvalue weighted by molar-refractivity contribution is 6.03. The van der Waals surface area contributed by atoms with Gasteiger partial charge in [0.15, 0.2) is 0 Å². The number of carbonyl (C=O) groups is 2. The van der Waals surface area contributed by atoms with Crippen molar-refractivity contribution in [3.63, 3.8) is 0 Å². The molecule has 28 heavy (non-hydrogen) atoms. The van der Waals surface area contributed by atoms with Crippen LogP contribution in [0.4, 0.5) is 21.6 Å². The van der Waals surface area contributed by atoms with Crippen molar-refractivity contribution in [1.29, 1.82) is 0 Å². The van der Waals surface area contributed by atoms with E-state index in [1.165, 1.54) is 31.4 Å². The highest BCUT2D eigenvalue weighted by Crippen LogP contribution is 2.18. The van der Waals surface area contributed by atoms with Crippen LogP contribution < -0.4 is 10.6 Å². The SMILES string of the molecule is COC(=O)c1cccc(Nc2cc(C(=O)Nc3cccc(F)c3)nc(C)n2)c1. The first kappa shape index (κ1) is 19.0. The number of rotatable bonds is 5. The van der Waals surface area contributed by atoms with Gasteiger partial charge >= 0.3 is 5.97 Å².